The first-order chi connectivity index (χ1) is 8.87. The van der Waals surface area contributed by atoms with Gasteiger partial charge in [0.2, 0.25) is 0 Å². The summed E-state index contributed by atoms with van der Waals surface area (Å²) in [5.74, 6) is 0.885. The molecule has 1 fully saturated rings. The van der Waals surface area contributed by atoms with Crippen molar-refractivity contribution in [1.29, 1.82) is 5.26 Å². The third kappa shape index (κ3) is 1.69. The summed E-state index contributed by atoms with van der Waals surface area (Å²) in [7, 11) is 0. The zero-order chi connectivity index (χ0) is 12.4. The number of nitriles is 1. The molecule has 0 spiro atoms. The molecule has 0 saturated carbocycles. The van der Waals surface area contributed by atoms with Crippen LogP contribution in [0.5, 0.6) is 5.75 Å². The van der Waals surface area contributed by atoms with Crippen molar-refractivity contribution in [3.63, 3.8) is 0 Å². The van der Waals surface area contributed by atoms with Gasteiger partial charge in [-0.05, 0) is 32.0 Å². The topological polar surface area (TPSA) is 36.3 Å². The van der Waals surface area contributed by atoms with E-state index in [1.165, 1.54) is 19.3 Å². The van der Waals surface area contributed by atoms with Gasteiger partial charge in [-0.3, -0.25) is 4.90 Å². The lowest BCUT2D eigenvalue weighted by molar-refractivity contribution is 0.0687. The number of hydrogen-bond donors (Lipinski definition) is 0. The molecule has 18 heavy (non-hydrogen) atoms. The Hall–Kier alpha value is -1.53. The largest absolute Gasteiger partial charge is 0.493 e. The lowest BCUT2D eigenvalue weighted by Gasteiger charge is -2.43. The van der Waals surface area contributed by atoms with Crippen molar-refractivity contribution in [2.24, 2.45) is 0 Å². The minimum absolute atomic E-state index is 0.463. The molecule has 3 heteroatoms. The molecule has 0 radical (unpaired) electrons. The quantitative estimate of drug-likeness (QED) is 0.759. The van der Waals surface area contributed by atoms with E-state index in [0.29, 0.717) is 6.61 Å². The number of fused-ring (bicyclic) bond motifs is 1. The van der Waals surface area contributed by atoms with Crippen molar-refractivity contribution in [2.75, 3.05) is 19.7 Å². The maximum Gasteiger partial charge on any atom is 0.141 e. The van der Waals surface area contributed by atoms with Gasteiger partial charge < -0.3 is 4.74 Å². The smallest absolute Gasteiger partial charge is 0.141 e. The van der Waals surface area contributed by atoms with Gasteiger partial charge in [0.15, 0.2) is 0 Å². The molecule has 1 atom stereocenters. The Morgan fingerprint density at radius 1 is 1.17 bits per heavy atom. The number of benzene rings is 1. The number of para-hydroxylation sites is 1. The maximum absolute atomic E-state index is 9.79. The van der Waals surface area contributed by atoms with Crippen LogP contribution in [0.3, 0.4) is 0 Å². The lowest BCUT2D eigenvalue weighted by Crippen LogP contribution is -2.50. The van der Waals surface area contributed by atoms with E-state index in [2.05, 4.69) is 11.0 Å². The van der Waals surface area contributed by atoms with Gasteiger partial charge in [-0.15, -0.1) is 0 Å². The predicted molar refractivity (Wildman–Crippen MR) is 69.3 cm³/mol. The van der Waals surface area contributed by atoms with E-state index in [1.54, 1.807) is 0 Å². The van der Waals surface area contributed by atoms with Crippen LogP contribution >= 0.6 is 0 Å². The second-order valence-corrected chi connectivity index (χ2v) is 5.11. The van der Waals surface area contributed by atoms with Gasteiger partial charge in [0.05, 0.1) is 12.7 Å². The summed E-state index contributed by atoms with van der Waals surface area (Å²) in [6.45, 7) is 2.70. The molecule has 1 saturated heterocycles. The van der Waals surface area contributed by atoms with Gasteiger partial charge >= 0.3 is 0 Å². The Morgan fingerprint density at radius 2 is 1.94 bits per heavy atom. The zero-order valence-corrected chi connectivity index (χ0v) is 10.6. The average molecular weight is 242 g/mol. The Bertz CT molecular complexity index is 474. The number of likely N-dealkylation sites (tertiary alicyclic amines) is 1. The molecule has 0 N–H and O–H groups in total. The van der Waals surface area contributed by atoms with Gasteiger partial charge in [0, 0.05) is 12.0 Å². The lowest BCUT2D eigenvalue weighted by atomic mass is 9.83. The first-order valence-electron chi connectivity index (χ1n) is 6.75. The fourth-order valence-electron chi connectivity index (χ4n) is 3.17. The molecule has 0 aliphatic carbocycles. The number of nitrogens with zero attached hydrogens (tertiary/aromatic N) is 2. The van der Waals surface area contributed by atoms with Gasteiger partial charge in [0.25, 0.3) is 0 Å². The Labute approximate surface area is 108 Å². The van der Waals surface area contributed by atoms with Crippen molar-refractivity contribution in [3.8, 4) is 11.8 Å². The van der Waals surface area contributed by atoms with E-state index in [4.69, 9.17) is 4.74 Å². The minimum atomic E-state index is -0.463. The third-order valence-electron chi connectivity index (χ3n) is 4.13. The number of rotatable bonds is 1. The molecule has 0 bridgehead atoms. The van der Waals surface area contributed by atoms with Crippen LogP contribution < -0.4 is 4.74 Å². The molecule has 0 aromatic heterocycles. The second kappa shape index (κ2) is 4.62. The van der Waals surface area contributed by atoms with Crippen LogP contribution in [-0.4, -0.2) is 24.6 Å². The van der Waals surface area contributed by atoms with Crippen molar-refractivity contribution in [2.45, 2.75) is 31.2 Å². The highest BCUT2D eigenvalue weighted by Crippen LogP contribution is 2.41. The molecule has 0 amide bonds. The number of piperidine rings is 1. The standard InChI is InChI=1S/C15H18N2O/c16-12-15(17-9-4-1-5-10-17)8-11-18-14-7-3-2-6-13(14)15/h2-3,6-7H,1,4-5,8-11H2. The maximum atomic E-state index is 9.79. The molecular formula is C15H18N2O. The van der Waals surface area contributed by atoms with Crippen molar-refractivity contribution in [1.82, 2.24) is 4.90 Å². The zero-order valence-electron chi connectivity index (χ0n) is 10.6. The molecule has 94 valence electrons. The van der Waals surface area contributed by atoms with Crippen LogP contribution in [0.2, 0.25) is 0 Å². The summed E-state index contributed by atoms with van der Waals surface area (Å²) in [6.07, 6.45) is 4.47. The summed E-state index contributed by atoms with van der Waals surface area (Å²) < 4.78 is 5.69. The minimum Gasteiger partial charge on any atom is -0.493 e. The van der Waals surface area contributed by atoms with E-state index in [-0.39, 0.29) is 0 Å². The molecular weight excluding hydrogens is 224 g/mol. The van der Waals surface area contributed by atoms with Crippen LogP contribution in [0.4, 0.5) is 0 Å². The molecule has 2 aliphatic heterocycles. The number of ether oxygens (including phenoxy) is 1. The van der Waals surface area contributed by atoms with Crippen molar-refractivity contribution >= 4 is 0 Å². The molecule has 2 heterocycles. The van der Waals surface area contributed by atoms with E-state index < -0.39 is 5.54 Å². The highest BCUT2D eigenvalue weighted by Gasteiger charge is 2.43. The first kappa shape index (κ1) is 11.6. The molecule has 1 aromatic carbocycles. The highest BCUT2D eigenvalue weighted by atomic mass is 16.5. The second-order valence-electron chi connectivity index (χ2n) is 5.11. The van der Waals surface area contributed by atoms with Gasteiger partial charge in [-0.2, -0.15) is 5.26 Å². The first-order valence-corrected chi connectivity index (χ1v) is 6.75. The fourth-order valence-corrected chi connectivity index (χ4v) is 3.17. The normalized spacial score (nSPS) is 27.9. The van der Waals surface area contributed by atoms with E-state index in [1.807, 2.05) is 24.3 Å². The van der Waals surface area contributed by atoms with Crippen molar-refractivity contribution < 1.29 is 4.74 Å². The van der Waals surface area contributed by atoms with Crippen molar-refractivity contribution in [3.05, 3.63) is 29.8 Å². The number of hydrogen-bond acceptors (Lipinski definition) is 3. The van der Waals surface area contributed by atoms with E-state index >= 15 is 0 Å². The summed E-state index contributed by atoms with van der Waals surface area (Å²) in [4.78, 5) is 2.36. The Balaban J connectivity index is 2.04. The van der Waals surface area contributed by atoms with Crippen LogP contribution in [0, 0.1) is 11.3 Å². The average Bonchev–Trinajstić information content (AvgIpc) is 2.47. The molecule has 3 nitrogen and oxygen atoms in total. The Morgan fingerprint density at radius 3 is 2.72 bits per heavy atom. The Kier molecular flexibility index (Phi) is 2.97. The molecule has 1 unspecified atom stereocenters. The summed E-state index contributed by atoms with van der Waals surface area (Å²) in [5.41, 5.74) is 0.593. The SMILES string of the molecule is N#CC1(N2CCCCC2)CCOc2ccccc21. The van der Waals surface area contributed by atoms with Crippen LogP contribution in [-0.2, 0) is 5.54 Å². The molecule has 2 aliphatic rings. The van der Waals surface area contributed by atoms with Crippen LogP contribution in [0.25, 0.3) is 0 Å². The van der Waals surface area contributed by atoms with Gasteiger partial charge in [0.1, 0.15) is 11.3 Å². The van der Waals surface area contributed by atoms with Gasteiger partial charge in [-0.1, -0.05) is 24.6 Å². The highest BCUT2D eigenvalue weighted by molar-refractivity contribution is 5.45. The summed E-state index contributed by atoms with van der Waals surface area (Å²) in [6, 6.07) is 10.6. The molecule has 3 rings (SSSR count). The monoisotopic (exact) mass is 242 g/mol. The van der Waals surface area contributed by atoms with Crippen LogP contribution in [0.1, 0.15) is 31.2 Å². The van der Waals surface area contributed by atoms with Crippen LogP contribution in [0.15, 0.2) is 24.3 Å². The predicted octanol–water partition coefficient (Wildman–Crippen LogP) is 2.67. The summed E-state index contributed by atoms with van der Waals surface area (Å²) in [5, 5.41) is 9.79. The van der Waals surface area contributed by atoms with Gasteiger partial charge in [-0.25, -0.2) is 0 Å². The fraction of sp³-hybridized carbons (Fsp3) is 0.533. The summed E-state index contributed by atoms with van der Waals surface area (Å²) >= 11 is 0. The van der Waals surface area contributed by atoms with E-state index in [9.17, 15) is 5.26 Å². The molecule has 1 aromatic rings. The third-order valence-corrected chi connectivity index (χ3v) is 4.13. The van der Waals surface area contributed by atoms with E-state index in [0.717, 1.165) is 30.8 Å².